The number of carbonyl (C=O) groups excluding carboxylic acids is 1. The Morgan fingerprint density at radius 2 is 2.42 bits per heavy atom. The molecule has 0 saturated carbocycles. The van der Waals surface area contributed by atoms with Crippen LogP contribution >= 0.6 is 11.8 Å². The summed E-state index contributed by atoms with van der Waals surface area (Å²) in [6.07, 6.45) is 2.40. The lowest BCUT2D eigenvalue weighted by atomic mass is 10.2. The average Bonchev–Trinajstić information content (AvgIpc) is 2.46. The van der Waals surface area contributed by atoms with Crippen LogP contribution in [0.2, 0.25) is 0 Å². The van der Waals surface area contributed by atoms with Crippen LogP contribution in [-0.2, 0) is 4.79 Å². The molecule has 0 aliphatic carbocycles. The third-order valence-corrected chi connectivity index (χ3v) is 4.28. The first kappa shape index (κ1) is 14.2. The van der Waals surface area contributed by atoms with Crippen molar-refractivity contribution < 1.29 is 9.53 Å². The van der Waals surface area contributed by atoms with Crippen LogP contribution in [0.25, 0.3) is 0 Å². The van der Waals surface area contributed by atoms with Crippen molar-refractivity contribution in [2.75, 3.05) is 30.5 Å². The van der Waals surface area contributed by atoms with Gasteiger partial charge in [-0.15, -0.1) is 0 Å². The molecule has 0 bridgehead atoms. The highest BCUT2D eigenvalue weighted by Crippen LogP contribution is 2.17. The van der Waals surface area contributed by atoms with E-state index in [0.717, 1.165) is 17.2 Å². The second-order valence-corrected chi connectivity index (χ2v) is 5.72. The SMILES string of the molecule is COc1cccc(NC(=O)CNC2CCCSC2)c1. The Balaban J connectivity index is 1.76. The summed E-state index contributed by atoms with van der Waals surface area (Å²) in [7, 11) is 1.61. The summed E-state index contributed by atoms with van der Waals surface area (Å²) in [5.41, 5.74) is 0.768. The molecular formula is C14H20N2O2S. The van der Waals surface area contributed by atoms with E-state index >= 15 is 0 Å². The predicted octanol–water partition coefficient (Wildman–Crippen LogP) is 2.12. The van der Waals surface area contributed by atoms with E-state index in [1.54, 1.807) is 7.11 Å². The molecule has 1 atom stereocenters. The molecule has 1 saturated heterocycles. The van der Waals surface area contributed by atoms with Gasteiger partial charge in [0, 0.05) is 23.5 Å². The Hall–Kier alpha value is -1.20. The molecule has 1 aliphatic rings. The van der Waals surface area contributed by atoms with Crippen molar-refractivity contribution in [3.63, 3.8) is 0 Å². The van der Waals surface area contributed by atoms with Gasteiger partial charge in [-0.05, 0) is 30.7 Å². The zero-order valence-electron chi connectivity index (χ0n) is 11.1. The van der Waals surface area contributed by atoms with Gasteiger partial charge in [0.05, 0.1) is 13.7 Å². The monoisotopic (exact) mass is 280 g/mol. The minimum Gasteiger partial charge on any atom is -0.497 e. The van der Waals surface area contributed by atoms with E-state index in [1.165, 1.54) is 18.6 Å². The van der Waals surface area contributed by atoms with E-state index in [0.29, 0.717) is 12.6 Å². The van der Waals surface area contributed by atoms with Crippen molar-refractivity contribution in [2.45, 2.75) is 18.9 Å². The molecule has 1 fully saturated rings. The highest BCUT2D eigenvalue weighted by molar-refractivity contribution is 7.99. The average molecular weight is 280 g/mol. The smallest absolute Gasteiger partial charge is 0.238 e. The Labute approximate surface area is 118 Å². The maximum absolute atomic E-state index is 11.8. The lowest BCUT2D eigenvalue weighted by Crippen LogP contribution is -2.39. The third-order valence-electron chi connectivity index (χ3n) is 3.07. The van der Waals surface area contributed by atoms with Crippen LogP contribution in [-0.4, -0.2) is 37.1 Å². The number of nitrogens with one attached hydrogen (secondary N) is 2. The molecule has 0 radical (unpaired) electrons. The molecule has 104 valence electrons. The molecular weight excluding hydrogens is 260 g/mol. The van der Waals surface area contributed by atoms with Gasteiger partial charge in [0.25, 0.3) is 0 Å². The van der Waals surface area contributed by atoms with Crippen LogP contribution in [0.1, 0.15) is 12.8 Å². The van der Waals surface area contributed by atoms with Crippen LogP contribution in [0.4, 0.5) is 5.69 Å². The van der Waals surface area contributed by atoms with Crippen LogP contribution in [0, 0.1) is 0 Å². The van der Waals surface area contributed by atoms with Crippen molar-refractivity contribution in [1.82, 2.24) is 5.32 Å². The highest BCUT2D eigenvalue weighted by atomic mass is 32.2. The van der Waals surface area contributed by atoms with Gasteiger partial charge >= 0.3 is 0 Å². The summed E-state index contributed by atoms with van der Waals surface area (Å²) in [6.45, 7) is 0.364. The van der Waals surface area contributed by atoms with Gasteiger partial charge in [0.1, 0.15) is 5.75 Å². The molecule has 2 rings (SSSR count). The van der Waals surface area contributed by atoms with E-state index in [4.69, 9.17) is 4.74 Å². The molecule has 1 aromatic carbocycles. The van der Waals surface area contributed by atoms with Gasteiger partial charge in [0.2, 0.25) is 5.91 Å². The topological polar surface area (TPSA) is 50.4 Å². The van der Waals surface area contributed by atoms with Gasteiger partial charge in [-0.25, -0.2) is 0 Å². The van der Waals surface area contributed by atoms with Gasteiger partial charge in [-0.3, -0.25) is 4.79 Å². The first-order valence-electron chi connectivity index (χ1n) is 6.53. The summed E-state index contributed by atoms with van der Waals surface area (Å²) in [5.74, 6) is 3.08. The third kappa shape index (κ3) is 4.76. The number of benzene rings is 1. The quantitative estimate of drug-likeness (QED) is 0.867. The molecule has 4 nitrogen and oxygen atoms in total. The number of thioether (sulfide) groups is 1. The van der Waals surface area contributed by atoms with Crippen molar-refractivity contribution in [1.29, 1.82) is 0 Å². The van der Waals surface area contributed by atoms with E-state index in [-0.39, 0.29) is 5.91 Å². The number of hydrogen-bond donors (Lipinski definition) is 2. The molecule has 1 aromatic rings. The Kier molecular flexibility index (Phi) is 5.54. The fourth-order valence-corrected chi connectivity index (χ4v) is 3.15. The first-order valence-corrected chi connectivity index (χ1v) is 7.68. The van der Waals surface area contributed by atoms with E-state index < -0.39 is 0 Å². The van der Waals surface area contributed by atoms with Crippen molar-refractivity contribution >= 4 is 23.4 Å². The van der Waals surface area contributed by atoms with Crippen LogP contribution in [0.15, 0.2) is 24.3 Å². The van der Waals surface area contributed by atoms with Gasteiger partial charge in [-0.2, -0.15) is 11.8 Å². The number of ether oxygens (including phenoxy) is 1. The second kappa shape index (κ2) is 7.40. The first-order chi connectivity index (χ1) is 9.28. The number of methoxy groups -OCH3 is 1. The Bertz CT molecular complexity index is 420. The Morgan fingerprint density at radius 3 is 3.16 bits per heavy atom. The van der Waals surface area contributed by atoms with E-state index in [2.05, 4.69) is 10.6 Å². The molecule has 1 aliphatic heterocycles. The molecule has 0 spiro atoms. The molecule has 1 unspecified atom stereocenters. The van der Waals surface area contributed by atoms with Crippen molar-refractivity contribution in [3.8, 4) is 5.75 Å². The molecule has 1 heterocycles. The number of rotatable bonds is 5. The Morgan fingerprint density at radius 1 is 1.53 bits per heavy atom. The number of anilines is 1. The molecule has 19 heavy (non-hydrogen) atoms. The molecule has 1 amide bonds. The fourth-order valence-electron chi connectivity index (χ4n) is 2.04. The van der Waals surface area contributed by atoms with Gasteiger partial charge in [-0.1, -0.05) is 6.07 Å². The number of carbonyl (C=O) groups is 1. The minimum atomic E-state index is -0.0103. The summed E-state index contributed by atoms with van der Waals surface area (Å²) < 4.78 is 5.12. The molecule has 0 aromatic heterocycles. The largest absolute Gasteiger partial charge is 0.497 e. The van der Waals surface area contributed by atoms with Crippen LogP contribution < -0.4 is 15.4 Å². The maximum Gasteiger partial charge on any atom is 0.238 e. The zero-order valence-corrected chi connectivity index (χ0v) is 12.0. The number of hydrogen-bond acceptors (Lipinski definition) is 4. The standard InChI is InChI=1S/C14H20N2O2S/c1-18-13-6-2-4-11(8-13)16-14(17)9-15-12-5-3-7-19-10-12/h2,4,6,8,12,15H,3,5,7,9-10H2,1H3,(H,16,17). The maximum atomic E-state index is 11.8. The predicted molar refractivity (Wildman–Crippen MR) is 80.0 cm³/mol. The number of amides is 1. The lowest BCUT2D eigenvalue weighted by molar-refractivity contribution is -0.115. The van der Waals surface area contributed by atoms with Crippen LogP contribution in [0.5, 0.6) is 5.75 Å². The summed E-state index contributed by atoms with van der Waals surface area (Å²) >= 11 is 1.95. The van der Waals surface area contributed by atoms with Crippen LogP contribution in [0.3, 0.4) is 0 Å². The highest BCUT2D eigenvalue weighted by Gasteiger charge is 2.14. The second-order valence-electron chi connectivity index (χ2n) is 4.58. The summed E-state index contributed by atoms with van der Waals surface area (Å²) in [6, 6.07) is 7.85. The van der Waals surface area contributed by atoms with Crippen molar-refractivity contribution in [3.05, 3.63) is 24.3 Å². The van der Waals surface area contributed by atoms with Gasteiger partial charge < -0.3 is 15.4 Å². The van der Waals surface area contributed by atoms with Gasteiger partial charge in [0.15, 0.2) is 0 Å². The lowest BCUT2D eigenvalue weighted by Gasteiger charge is -2.22. The fraction of sp³-hybridized carbons (Fsp3) is 0.500. The van der Waals surface area contributed by atoms with E-state index in [1.807, 2.05) is 36.0 Å². The minimum absolute atomic E-state index is 0.0103. The van der Waals surface area contributed by atoms with E-state index in [9.17, 15) is 4.79 Å². The normalized spacial score (nSPS) is 18.9. The summed E-state index contributed by atoms with van der Waals surface area (Å²) in [4.78, 5) is 11.8. The summed E-state index contributed by atoms with van der Waals surface area (Å²) in [5, 5.41) is 6.17. The van der Waals surface area contributed by atoms with Crippen molar-refractivity contribution in [2.24, 2.45) is 0 Å². The zero-order chi connectivity index (χ0) is 13.5. The molecule has 2 N–H and O–H groups in total. The molecule has 5 heteroatoms.